The molecule has 29 heavy (non-hydrogen) atoms. The van der Waals surface area contributed by atoms with E-state index in [1.54, 1.807) is 24.0 Å². The van der Waals surface area contributed by atoms with Gasteiger partial charge in [-0.05, 0) is 48.9 Å². The first-order valence-corrected chi connectivity index (χ1v) is 8.64. The van der Waals surface area contributed by atoms with Crippen LogP contribution in [0, 0.1) is 6.92 Å². The first-order chi connectivity index (χ1) is 13.7. The van der Waals surface area contributed by atoms with Gasteiger partial charge in [-0.25, -0.2) is 9.37 Å². The van der Waals surface area contributed by atoms with E-state index in [9.17, 15) is 17.6 Å². The second kappa shape index (κ2) is 8.34. The van der Waals surface area contributed by atoms with E-state index in [0.717, 1.165) is 29.2 Å². The number of anilines is 1. The molecule has 3 rings (SSSR count). The maximum atomic E-state index is 14.5. The molecule has 0 saturated heterocycles. The first kappa shape index (κ1) is 20.4. The van der Waals surface area contributed by atoms with Gasteiger partial charge in [0, 0.05) is 30.6 Å². The number of hydrogen-bond acceptors (Lipinski definition) is 4. The SMILES string of the molecule is CNc1ccc(Cn2nc(/C=C(\F)c3ccc(OC(F)(F)F)cc3)cc2C)cn1. The van der Waals surface area contributed by atoms with Gasteiger partial charge in [-0.2, -0.15) is 5.10 Å². The fourth-order valence-corrected chi connectivity index (χ4v) is 2.63. The zero-order chi connectivity index (χ0) is 21.0. The summed E-state index contributed by atoms with van der Waals surface area (Å²) in [5.74, 6) is -0.274. The Balaban J connectivity index is 1.73. The molecule has 0 fully saturated rings. The molecule has 0 aliphatic carbocycles. The third-order valence-corrected chi connectivity index (χ3v) is 4.05. The molecule has 0 saturated carbocycles. The number of pyridine rings is 1. The van der Waals surface area contributed by atoms with Gasteiger partial charge in [0.25, 0.3) is 0 Å². The fraction of sp³-hybridized carbons (Fsp3) is 0.200. The summed E-state index contributed by atoms with van der Waals surface area (Å²) in [5, 5.41) is 7.30. The van der Waals surface area contributed by atoms with Crippen molar-refractivity contribution in [3.63, 3.8) is 0 Å². The van der Waals surface area contributed by atoms with Crippen molar-refractivity contribution in [2.45, 2.75) is 19.8 Å². The molecule has 2 aromatic heterocycles. The van der Waals surface area contributed by atoms with E-state index in [2.05, 4.69) is 20.1 Å². The highest BCUT2D eigenvalue weighted by molar-refractivity contribution is 5.75. The molecule has 152 valence electrons. The molecule has 1 N–H and O–H groups in total. The summed E-state index contributed by atoms with van der Waals surface area (Å²) >= 11 is 0. The molecular weight excluding hydrogens is 388 g/mol. The molecule has 0 radical (unpaired) electrons. The second-order valence-corrected chi connectivity index (χ2v) is 6.23. The van der Waals surface area contributed by atoms with Crippen molar-refractivity contribution in [2.24, 2.45) is 0 Å². The summed E-state index contributed by atoms with van der Waals surface area (Å²) < 4.78 is 56.6. The maximum absolute atomic E-state index is 14.5. The van der Waals surface area contributed by atoms with E-state index in [4.69, 9.17) is 0 Å². The molecule has 1 aromatic carbocycles. The van der Waals surface area contributed by atoms with Crippen molar-refractivity contribution in [3.8, 4) is 5.75 Å². The van der Waals surface area contributed by atoms with Gasteiger partial charge in [0.05, 0.1) is 12.2 Å². The molecule has 0 unspecified atom stereocenters. The minimum absolute atomic E-state index is 0.124. The number of alkyl halides is 3. The molecule has 5 nitrogen and oxygen atoms in total. The highest BCUT2D eigenvalue weighted by Gasteiger charge is 2.31. The summed E-state index contributed by atoms with van der Waals surface area (Å²) in [4.78, 5) is 4.24. The second-order valence-electron chi connectivity index (χ2n) is 6.23. The molecular formula is C20H18F4N4O. The lowest BCUT2D eigenvalue weighted by molar-refractivity contribution is -0.274. The smallest absolute Gasteiger partial charge is 0.406 e. The number of rotatable bonds is 6. The van der Waals surface area contributed by atoms with Crippen molar-refractivity contribution in [2.75, 3.05) is 12.4 Å². The number of nitrogens with zero attached hydrogens (tertiary/aromatic N) is 3. The average molecular weight is 406 g/mol. The van der Waals surface area contributed by atoms with Gasteiger partial charge in [-0.3, -0.25) is 4.68 Å². The van der Waals surface area contributed by atoms with E-state index in [0.29, 0.717) is 12.2 Å². The predicted molar refractivity (Wildman–Crippen MR) is 102 cm³/mol. The maximum Gasteiger partial charge on any atom is 0.573 e. The van der Waals surface area contributed by atoms with E-state index >= 15 is 0 Å². The third kappa shape index (κ3) is 5.56. The summed E-state index contributed by atoms with van der Waals surface area (Å²) in [6, 6.07) is 10.0. The lowest BCUT2D eigenvalue weighted by atomic mass is 10.1. The number of aromatic nitrogens is 3. The van der Waals surface area contributed by atoms with E-state index in [1.165, 1.54) is 18.2 Å². The zero-order valence-electron chi connectivity index (χ0n) is 15.7. The van der Waals surface area contributed by atoms with Crippen LogP contribution in [0.15, 0.2) is 48.7 Å². The highest BCUT2D eigenvalue weighted by atomic mass is 19.4. The van der Waals surface area contributed by atoms with Gasteiger partial charge in [-0.1, -0.05) is 6.07 Å². The van der Waals surface area contributed by atoms with Crippen LogP contribution in [-0.2, 0) is 6.54 Å². The monoisotopic (exact) mass is 406 g/mol. The molecule has 0 bridgehead atoms. The minimum Gasteiger partial charge on any atom is -0.406 e. The number of ether oxygens (including phenoxy) is 1. The Bertz CT molecular complexity index is 993. The van der Waals surface area contributed by atoms with Gasteiger partial charge in [-0.15, -0.1) is 13.2 Å². The van der Waals surface area contributed by atoms with Crippen LogP contribution in [-0.4, -0.2) is 28.2 Å². The fourth-order valence-electron chi connectivity index (χ4n) is 2.63. The Hall–Kier alpha value is -3.36. The summed E-state index contributed by atoms with van der Waals surface area (Å²) in [5.41, 5.74) is 2.29. The largest absolute Gasteiger partial charge is 0.573 e. The van der Waals surface area contributed by atoms with Crippen molar-refractivity contribution in [1.82, 2.24) is 14.8 Å². The van der Waals surface area contributed by atoms with Gasteiger partial charge in [0.15, 0.2) is 0 Å². The van der Waals surface area contributed by atoms with Crippen LogP contribution in [0.5, 0.6) is 5.75 Å². The quantitative estimate of drug-likeness (QED) is 0.583. The highest BCUT2D eigenvalue weighted by Crippen LogP contribution is 2.26. The van der Waals surface area contributed by atoms with Crippen molar-refractivity contribution < 1.29 is 22.3 Å². The topological polar surface area (TPSA) is 52.0 Å². The van der Waals surface area contributed by atoms with Crippen LogP contribution in [0.4, 0.5) is 23.4 Å². The molecule has 2 heterocycles. The molecule has 0 spiro atoms. The Morgan fingerprint density at radius 2 is 1.90 bits per heavy atom. The van der Waals surface area contributed by atoms with E-state index in [-0.39, 0.29) is 5.56 Å². The standard InChI is InChI=1S/C20H18F4N4O/c1-13-9-16(27-28(13)12-14-3-8-19(25-2)26-11-14)10-18(21)15-4-6-17(7-5-15)29-20(22,23)24/h3-11H,12H2,1-2H3,(H,25,26)/b18-10-. The van der Waals surface area contributed by atoms with Crippen LogP contribution in [0.25, 0.3) is 11.9 Å². The predicted octanol–water partition coefficient (Wildman–Crippen LogP) is 5.04. The lowest BCUT2D eigenvalue weighted by Gasteiger charge is -2.08. The van der Waals surface area contributed by atoms with Crippen LogP contribution in [0.2, 0.25) is 0 Å². The molecule has 0 amide bonds. The van der Waals surface area contributed by atoms with Crippen LogP contribution in [0.3, 0.4) is 0 Å². The van der Waals surface area contributed by atoms with Crippen molar-refractivity contribution in [3.05, 3.63) is 71.2 Å². The summed E-state index contributed by atoms with van der Waals surface area (Å²) in [7, 11) is 1.78. The van der Waals surface area contributed by atoms with Gasteiger partial charge < -0.3 is 10.1 Å². The Kier molecular flexibility index (Phi) is 5.86. The van der Waals surface area contributed by atoms with E-state index < -0.39 is 17.9 Å². The summed E-state index contributed by atoms with van der Waals surface area (Å²) in [6.07, 6.45) is -1.83. The molecule has 0 aliphatic heterocycles. The minimum atomic E-state index is -4.79. The van der Waals surface area contributed by atoms with Crippen molar-refractivity contribution in [1.29, 1.82) is 0 Å². The number of benzene rings is 1. The number of nitrogens with one attached hydrogen (secondary N) is 1. The van der Waals surface area contributed by atoms with Crippen LogP contribution < -0.4 is 10.1 Å². The Morgan fingerprint density at radius 3 is 2.48 bits per heavy atom. The van der Waals surface area contributed by atoms with Gasteiger partial charge in [0.1, 0.15) is 17.4 Å². The van der Waals surface area contributed by atoms with Gasteiger partial charge >= 0.3 is 6.36 Å². The van der Waals surface area contributed by atoms with E-state index in [1.807, 2.05) is 19.1 Å². The lowest BCUT2D eigenvalue weighted by Crippen LogP contribution is -2.16. The Morgan fingerprint density at radius 1 is 1.17 bits per heavy atom. The first-order valence-electron chi connectivity index (χ1n) is 8.64. The molecule has 9 heteroatoms. The van der Waals surface area contributed by atoms with Gasteiger partial charge in [0.2, 0.25) is 0 Å². The third-order valence-electron chi connectivity index (χ3n) is 4.05. The Labute approximate surface area is 164 Å². The average Bonchev–Trinajstić information content (AvgIpc) is 3.00. The molecule has 0 aliphatic rings. The normalized spacial score (nSPS) is 12.1. The van der Waals surface area contributed by atoms with Crippen LogP contribution in [0.1, 0.15) is 22.5 Å². The number of halogens is 4. The molecule has 0 atom stereocenters. The van der Waals surface area contributed by atoms with Crippen LogP contribution >= 0.6 is 0 Å². The summed E-state index contributed by atoms with van der Waals surface area (Å²) in [6.45, 7) is 2.32. The number of hydrogen-bond donors (Lipinski definition) is 1. The number of aryl methyl sites for hydroxylation is 1. The van der Waals surface area contributed by atoms with Crippen molar-refractivity contribution >= 4 is 17.7 Å². The molecule has 3 aromatic rings. The zero-order valence-corrected chi connectivity index (χ0v) is 15.7.